The van der Waals surface area contributed by atoms with E-state index >= 15 is 0 Å². The Balaban J connectivity index is 1.92. The highest BCUT2D eigenvalue weighted by atomic mass is 79.9. The number of anilines is 1. The molecular weight excluding hydrogens is 334 g/mol. The highest BCUT2D eigenvalue weighted by Gasteiger charge is 2.04. The number of benzene rings is 1. The van der Waals surface area contributed by atoms with E-state index < -0.39 is 0 Å². The Bertz CT molecular complexity index is 602. The number of aromatic nitrogens is 1. The van der Waals surface area contributed by atoms with Gasteiger partial charge in [-0.1, -0.05) is 0 Å². The number of halogens is 1. The first-order valence-corrected chi connectivity index (χ1v) is 7.31. The number of carbonyl (C=O) groups is 1. The molecule has 2 rings (SSSR count). The number of nitrogens with zero attached hydrogens (tertiary/aromatic N) is 1. The van der Waals surface area contributed by atoms with E-state index in [9.17, 15) is 4.79 Å². The summed E-state index contributed by atoms with van der Waals surface area (Å²) in [6.45, 7) is 0.850. The van der Waals surface area contributed by atoms with Crippen molar-refractivity contribution in [2.45, 2.75) is 6.54 Å². The van der Waals surface area contributed by atoms with Crippen molar-refractivity contribution in [2.24, 2.45) is 0 Å². The lowest BCUT2D eigenvalue weighted by Crippen LogP contribution is -2.26. The standard InChI is InChI=1S/C15H16BrN3O2/c16-13-7-11(8-17-10-13)9-19-14-3-1-12(2-4-14)15(21)18-5-6-20/h1-4,7-8,10,19-20H,5-6,9H2,(H,18,21). The van der Waals surface area contributed by atoms with Crippen molar-refractivity contribution in [3.8, 4) is 0 Å². The van der Waals surface area contributed by atoms with Gasteiger partial charge in [0.15, 0.2) is 0 Å². The molecule has 0 unspecified atom stereocenters. The van der Waals surface area contributed by atoms with E-state index in [1.165, 1.54) is 0 Å². The van der Waals surface area contributed by atoms with E-state index in [1.807, 2.05) is 18.2 Å². The molecule has 0 saturated carbocycles. The molecule has 0 bridgehead atoms. The Morgan fingerprint density at radius 2 is 2.00 bits per heavy atom. The smallest absolute Gasteiger partial charge is 0.251 e. The number of hydrogen-bond donors (Lipinski definition) is 3. The third-order valence-electron chi connectivity index (χ3n) is 2.80. The molecule has 21 heavy (non-hydrogen) atoms. The minimum Gasteiger partial charge on any atom is -0.395 e. The van der Waals surface area contributed by atoms with E-state index in [0.29, 0.717) is 12.1 Å². The van der Waals surface area contributed by atoms with Crippen LogP contribution in [0.3, 0.4) is 0 Å². The maximum Gasteiger partial charge on any atom is 0.251 e. The number of aliphatic hydroxyl groups is 1. The van der Waals surface area contributed by atoms with Gasteiger partial charge in [0.2, 0.25) is 0 Å². The van der Waals surface area contributed by atoms with E-state index in [-0.39, 0.29) is 19.1 Å². The molecule has 0 saturated heterocycles. The van der Waals surface area contributed by atoms with Crippen LogP contribution >= 0.6 is 15.9 Å². The van der Waals surface area contributed by atoms with Gasteiger partial charge in [-0.15, -0.1) is 0 Å². The minimum atomic E-state index is -0.188. The number of pyridine rings is 1. The average molecular weight is 350 g/mol. The van der Waals surface area contributed by atoms with Crippen molar-refractivity contribution >= 4 is 27.5 Å². The molecule has 0 spiro atoms. The normalized spacial score (nSPS) is 10.2. The van der Waals surface area contributed by atoms with Gasteiger partial charge in [-0.05, 0) is 51.8 Å². The van der Waals surface area contributed by atoms with Crippen molar-refractivity contribution in [1.82, 2.24) is 10.3 Å². The van der Waals surface area contributed by atoms with E-state index in [0.717, 1.165) is 15.7 Å². The lowest BCUT2D eigenvalue weighted by atomic mass is 10.2. The topological polar surface area (TPSA) is 74.2 Å². The number of nitrogens with one attached hydrogen (secondary N) is 2. The summed E-state index contributed by atoms with van der Waals surface area (Å²) in [5.41, 5.74) is 2.56. The molecule has 1 amide bonds. The quantitative estimate of drug-likeness (QED) is 0.747. The van der Waals surface area contributed by atoms with Crippen LogP contribution in [-0.4, -0.2) is 29.1 Å². The molecule has 6 heteroatoms. The summed E-state index contributed by atoms with van der Waals surface area (Å²) < 4.78 is 0.942. The molecular formula is C15H16BrN3O2. The van der Waals surface area contributed by atoms with Crippen LogP contribution in [0.1, 0.15) is 15.9 Å². The van der Waals surface area contributed by atoms with Crippen molar-refractivity contribution < 1.29 is 9.90 Å². The van der Waals surface area contributed by atoms with E-state index in [1.54, 1.807) is 24.5 Å². The first-order chi connectivity index (χ1) is 10.2. The van der Waals surface area contributed by atoms with Gasteiger partial charge in [0.25, 0.3) is 5.91 Å². The molecule has 0 aliphatic heterocycles. The third-order valence-corrected chi connectivity index (χ3v) is 3.24. The van der Waals surface area contributed by atoms with Gasteiger partial charge in [0, 0.05) is 41.2 Å². The number of hydrogen-bond acceptors (Lipinski definition) is 4. The number of amides is 1. The second kappa shape index (κ2) is 7.75. The zero-order valence-electron chi connectivity index (χ0n) is 11.3. The molecule has 0 aliphatic carbocycles. The fourth-order valence-corrected chi connectivity index (χ4v) is 2.18. The van der Waals surface area contributed by atoms with Crippen LogP contribution in [0.4, 0.5) is 5.69 Å². The Morgan fingerprint density at radius 1 is 1.24 bits per heavy atom. The lowest BCUT2D eigenvalue weighted by Gasteiger charge is -2.08. The monoisotopic (exact) mass is 349 g/mol. The third kappa shape index (κ3) is 4.84. The second-order valence-electron chi connectivity index (χ2n) is 4.42. The molecule has 110 valence electrons. The van der Waals surface area contributed by atoms with Gasteiger partial charge in [-0.2, -0.15) is 0 Å². The SMILES string of the molecule is O=C(NCCO)c1ccc(NCc2cncc(Br)c2)cc1. The molecule has 0 radical (unpaired) electrons. The fourth-order valence-electron chi connectivity index (χ4n) is 1.77. The van der Waals surface area contributed by atoms with Crippen molar-refractivity contribution in [2.75, 3.05) is 18.5 Å². The van der Waals surface area contributed by atoms with Crippen molar-refractivity contribution in [3.05, 3.63) is 58.3 Å². The van der Waals surface area contributed by atoms with Crippen LogP contribution in [0, 0.1) is 0 Å². The summed E-state index contributed by atoms with van der Waals surface area (Å²) in [6.07, 6.45) is 3.54. The van der Waals surface area contributed by atoms with Gasteiger partial charge in [0.1, 0.15) is 0 Å². The van der Waals surface area contributed by atoms with Gasteiger partial charge in [0.05, 0.1) is 6.61 Å². The Hall–Kier alpha value is -1.92. The molecule has 2 aromatic rings. The molecule has 0 fully saturated rings. The van der Waals surface area contributed by atoms with Crippen molar-refractivity contribution in [1.29, 1.82) is 0 Å². The average Bonchev–Trinajstić information content (AvgIpc) is 2.51. The maximum atomic E-state index is 11.7. The van der Waals surface area contributed by atoms with Gasteiger partial charge in [-0.3, -0.25) is 9.78 Å². The van der Waals surface area contributed by atoms with Gasteiger partial charge in [-0.25, -0.2) is 0 Å². The van der Waals surface area contributed by atoms with Crippen LogP contribution in [0.5, 0.6) is 0 Å². The maximum absolute atomic E-state index is 11.7. The Morgan fingerprint density at radius 3 is 2.67 bits per heavy atom. The first-order valence-electron chi connectivity index (χ1n) is 6.51. The molecule has 1 aromatic heterocycles. The molecule has 0 atom stereocenters. The molecule has 5 nitrogen and oxygen atoms in total. The zero-order valence-corrected chi connectivity index (χ0v) is 12.9. The van der Waals surface area contributed by atoms with Crippen LogP contribution in [0.15, 0.2) is 47.2 Å². The molecule has 1 aromatic carbocycles. The summed E-state index contributed by atoms with van der Waals surface area (Å²) in [5, 5.41) is 14.5. The van der Waals surface area contributed by atoms with E-state index in [4.69, 9.17) is 5.11 Å². The largest absolute Gasteiger partial charge is 0.395 e. The van der Waals surface area contributed by atoms with E-state index in [2.05, 4.69) is 31.5 Å². The van der Waals surface area contributed by atoms with Gasteiger partial charge < -0.3 is 15.7 Å². The summed E-state index contributed by atoms with van der Waals surface area (Å²) in [4.78, 5) is 15.8. The first kappa shape index (κ1) is 15.5. The number of carbonyl (C=O) groups excluding carboxylic acids is 1. The van der Waals surface area contributed by atoms with Gasteiger partial charge >= 0.3 is 0 Å². The number of rotatable bonds is 6. The van der Waals surface area contributed by atoms with Crippen LogP contribution in [-0.2, 0) is 6.54 Å². The Kier molecular flexibility index (Phi) is 5.71. The second-order valence-corrected chi connectivity index (χ2v) is 5.34. The predicted molar refractivity (Wildman–Crippen MR) is 85.1 cm³/mol. The zero-order chi connectivity index (χ0) is 15.1. The van der Waals surface area contributed by atoms with Crippen LogP contribution < -0.4 is 10.6 Å². The summed E-state index contributed by atoms with van der Waals surface area (Å²) in [6, 6.07) is 9.18. The lowest BCUT2D eigenvalue weighted by molar-refractivity contribution is 0.0945. The molecule has 3 N–H and O–H groups in total. The summed E-state index contributed by atoms with van der Waals surface area (Å²) in [7, 11) is 0. The predicted octanol–water partition coefficient (Wildman–Crippen LogP) is 2.18. The summed E-state index contributed by atoms with van der Waals surface area (Å²) >= 11 is 3.38. The highest BCUT2D eigenvalue weighted by molar-refractivity contribution is 9.10. The fraction of sp³-hybridized carbons (Fsp3) is 0.200. The Labute approximate surface area is 131 Å². The summed E-state index contributed by atoms with van der Waals surface area (Å²) in [5.74, 6) is -0.188. The minimum absolute atomic E-state index is 0.0634. The van der Waals surface area contributed by atoms with Crippen LogP contribution in [0.25, 0.3) is 0 Å². The molecule has 1 heterocycles. The van der Waals surface area contributed by atoms with Crippen LogP contribution in [0.2, 0.25) is 0 Å². The highest BCUT2D eigenvalue weighted by Crippen LogP contribution is 2.13. The molecule has 0 aliphatic rings. The number of aliphatic hydroxyl groups excluding tert-OH is 1. The van der Waals surface area contributed by atoms with Crippen molar-refractivity contribution in [3.63, 3.8) is 0 Å².